The molecular weight excluding hydrogens is 484 g/mol. The van der Waals surface area contributed by atoms with Crippen LogP contribution in [0.25, 0.3) is 6.08 Å². The van der Waals surface area contributed by atoms with Crippen molar-refractivity contribution >= 4 is 45.4 Å². The van der Waals surface area contributed by atoms with E-state index in [2.05, 4.69) is 39.6 Å². The second-order valence-corrected chi connectivity index (χ2v) is 10.4. The number of hydrogen-bond donors (Lipinski definition) is 1. The number of halogens is 1. The van der Waals surface area contributed by atoms with Crippen LogP contribution in [0.5, 0.6) is 5.75 Å². The number of anilines is 1. The Hall–Kier alpha value is -2.18. The van der Waals surface area contributed by atoms with E-state index in [1.165, 1.54) is 19.3 Å². The molecule has 1 N–H and O–H groups in total. The Morgan fingerprint density at radius 3 is 2.75 bits per heavy atom. The van der Waals surface area contributed by atoms with Crippen molar-refractivity contribution in [3.05, 3.63) is 76.1 Å². The third kappa shape index (κ3) is 5.24. The van der Waals surface area contributed by atoms with Gasteiger partial charge in [-0.2, -0.15) is 0 Å². The van der Waals surface area contributed by atoms with Crippen LogP contribution in [0, 0.1) is 5.92 Å². The molecule has 2 aliphatic rings. The van der Waals surface area contributed by atoms with E-state index < -0.39 is 0 Å². The van der Waals surface area contributed by atoms with Crippen LogP contribution in [0.15, 0.2) is 70.6 Å². The number of para-hydroxylation sites is 1. The molecule has 1 saturated carbocycles. The summed E-state index contributed by atoms with van der Waals surface area (Å²) in [6.45, 7) is 6.43. The molecule has 2 aromatic carbocycles. The summed E-state index contributed by atoms with van der Waals surface area (Å²) in [7, 11) is 0. The fourth-order valence-electron chi connectivity index (χ4n) is 4.42. The minimum Gasteiger partial charge on any atom is -0.489 e. The second kappa shape index (κ2) is 10.6. The summed E-state index contributed by atoms with van der Waals surface area (Å²) in [5.74, 6) is 1.33. The first kappa shape index (κ1) is 23.0. The zero-order valence-electron chi connectivity index (χ0n) is 18.3. The zero-order chi connectivity index (χ0) is 22.5. The van der Waals surface area contributed by atoms with Crippen molar-refractivity contribution in [2.24, 2.45) is 5.92 Å². The molecule has 32 heavy (non-hydrogen) atoms. The van der Waals surface area contributed by atoms with Gasteiger partial charge in [0.25, 0.3) is 5.91 Å². The fraction of sp³-hybridized carbons (Fsp3) is 0.346. The molecule has 1 aliphatic carbocycles. The molecular formula is C26H29BrN2O2S. The van der Waals surface area contributed by atoms with Crippen LogP contribution in [0.4, 0.5) is 5.69 Å². The van der Waals surface area contributed by atoms with Gasteiger partial charge >= 0.3 is 0 Å². The minimum absolute atomic E-state index is 0.0943. The minimum atomic E-state index is -0.133. The van der Waals surface area contributed by atoms with Crippen LogP contribution in [0.1, 0.15) is 38.2 Å². The lowest BCUT2D eigenvalue weighted by Gasteiger charge is -2.39. The third-order valence-corrected chi connectivity index (χ3v) is 7.65. The van der Waals surface area contributed by atoms with Gasteiger partial charge in [-0.15, -0.1) is 0 Å². The van der Waals surface area contributed by atoms with Gasteiger partial charge in [-0.05, 0) is 55.2 Å². The summed E-state index contributed by atoms with van der Waals surface area (Å²) < 4.78 is 6.78. The third-order valence-electron chi connectivity index (χ3n) is 6.04. The Labute approximate surface area is 203 Å². The summed E-state index contributed by atoms with van der Waals surface area (Å²) in [6.07, 6.45) is 8.32. The Balaban J connectivity index is 1.67. The van der Waals surface area contributed by atoms with Gasteiger partial charge < -0.3 is 15.0 Å². The van der Waals surface area contributed by atoms with Crippen molar-refractivity contribution in [2.45, 2.75) is 44.1 Å². The topological polar surface area (TPSA) is 41.6 Å². The van der Waals surface area contributed by atoms with Crippen LogP contribution >= 0.6 is 27.7 Å². The molecule has 1 saturated heterocycles. The van der Waals surface area contributed by atoms with Gasteiger partial charge in [-0.3, -0.25) is 4.79 Å². The second-order valence-electron chi connectivity index (χ2n) is 8.31. The monoisotopic (exact) mass is 512 g/mol. The molecule has 1 amide bonds. The van der Waals surface area contributed by atoms with Gasteiger partial charge in [0, 0.05) is 21.8 Å². The number of carbonyl (C=O) groups is 1. The number of hydrogen-bond acceptors (Lipinski definition) is 4. The maximum atomic E-state index is 13.7. The van der Waals surface area contributed by atoms with Crippen molar-refractivity contribution < 1.29 is 9.53 Å². The molecule has 0 spiro atoms. The van der Waals surface area contributed by atoms with Crippen molar-refractivity contribution in [1.29, 1.82) is 0 Å². The maximum absolute atomic E-state index is 13.7. The number of nitrogens with zero attached hydrogens (tertiary/aromatic N) is 1. The highest BCUT2D eigenvalue weighted by Gasteiger charge is 2.43. The van der Waals surface area contributed by atoms with Crippen molar-refractivity contribution in [1.82, 2.24) is 4.90 Å². The average molecular weight is 514 g/mol. The first-order chi connectivity index (χ1) is 15.6. The molecule has 3 atom stereocenters. The highest BCUT2D eigenvalue weighted by molar-refractivity contribution is 9.10. The molecule has 1 aliphatic heterocycles. The standard InChI is InChI=1S/C26H29BrN2O2S/c1-3-15-31-23-14-13-20(27)16-19(23)17-24-25(30)29(22-12-8-7-9-18(22)2)26(32-24)28-21-10-5-4-6-11-21/h3-6,10-11,13-14,16-18,22,26,28H,1,7-9,12,15H2,2H3/b24-17-/t18-,22-,26?/m1/s1. The molecule has 4 nitrogen and oxygen atoms in total. The predicted molar refractivity (Wildman–Crippen MR) is 138 cm³/mol. The van der Waals surface area contributed by atoms with E-state index in [1.807, 2.05) is 54.6 Å². The van der Waals surface area contributed by atoms with Gasteiger partial charge in [0.2, 0.25) is 0 Å². The highest BCUT2D eigenvalue weighted by Crippen LogP contribution is 2.43. The number of ether oxygens (including phenoxy) is 1. The van der Waals surface area contributed by atoms with Gasteiger partial charge in [0.15, 0.2) is 5.50 Å². The first-order valence-electron chi connectivity index (χ1n) is 11.1. The smallest absolute Gasteiger partial charge is 0.262 e. The molecule has 1 heterocycles. The molecule has 1 unspecified atom stereocenters. The van der Waals surface area contributed by atoms with E-state index in [9.17, 15) is 4.79 Å². The van der Waals surface area contributed by atoms with Gasteiger partial charge in [-0.1, -0.05) is 78.3 Å². The number of amides is 1. The summed E-state index contributed by atoms with van der Waals surface area (Å²) >= 11 is 5.13. The van der Waals surface area contributed by atoms with E-state index >= 15 is 0 Å². The lowest BCUT2D eigenvalue weighted by molar-refractivity contribution is -0.129. The molecule has 2 aromatic rings. The molecule has 168 valence electrons. The van der Waals surface area contributed by atoms with E-state index in [0.717, 1.165) is 32.8 Å². The van der Waals surface area contributed by atoms with Crippen LogP contribution in [0.3, 0.4) is 0 Å². The van der Waals surface area contributed by atoms with Crippen molar-refractivity contribution in [3.63, 3.8) is 0 Å². The van der Waals surface area contributed by atoms with Gasteiger partial charge in [0.1, 0.15) is 12.4 Å². The summed E-state index contributed by atoms with van der Waals surface area (Å²) in [6, 6.07) is 16.2. The molecule has 0 aromatic heterocycles. The SMILES string of the molecule is C=CCOc1ccc(Br)cc1/C=C1\SC(Nc2ccccc2)N([C@@H]2CCCC[C@H]2C)C1=O. The van der Waals surface area contributed by atoms with Crippen molar-refractivity contribution in [2.75, 3.05) is 11.9 Å². The van der Waals surface area contributed by atoms with E-state index in [1.54, 1.807) is 17.8 Å². The summed E-state index contributed by atoms with van der Waals surface area (Å²) in [4.78, 5) is 16.5. The first-order valence-corrected chi connectivity index (χ1v) is 12.8. The number of thioether (sulfide) groups is 1. The van der Waals surface area contributed by atoms with E-state index in [4.69, 9.17) is 4.74 Å². The Bertz CT molecular complexity index is 995. The number of carbonyl (C=O) groups excluding carboxylic acids is 1. The average Bonchev–Trinajstić information content (AvgIpc) is 3.09. The van der Waals surface area contributed by atoms with Crippen LogP contribution in [0.2, 0.25) is 0 Å². The molecule has 4 rings (SSSR count). The van der Waals surface area contributed by atoms with Gasteiger partial charge in [0.05, 0.1) is 4.91 Å². The van der Waals surface area contributed by atoms with Crippen LogP contribution in [-0.2, 0) is 4.79 Å². The lowest BCUT2D eigenvalue weighted by Crippen LogP contribution is -2.48. The van der Waals surface area contributed by atoms with E-state index in [0.29, 0.717) is 12.5 Å². The predicted octanol–water partition coefficient (Wildman–Crippen LogP) is 6.90. The number of nitrogens with one attached hydrogen (secondary N) is 1. The summed E-state index contributed by atoms with van der Waals surface area (Å²) in [5.41, 5.74) is 1.77. The quantitative estimate of drug-likeness (QED) is 0.323. The summed E-state index contributed by atoms with van der Waals surface area (Å²) in [5, 5.41) is 3.59. The van der Waals surface area contributed by atoms with Crippen LogP contribution < -0.4 is 10.1 Å². The Morgan fingerprint density at radius 2 is 2.00 bits per heavy atom. The number of benzene rings is 2. The Morgan fingerprint density at radius 1 is 1.22 bits per heavy atom. The molecule has 0 bridgehead atoms. The number of rotatable bonds is 7. The zero-order valence-corrected chi connectivity index (χ0v) is 20.7. The Kier molecular flexibility index (Phi) is 7.63. The largest absolute Gasteiger partial charge is 0.489 e. The molecule has 6 heteroatoms. The molecule has 2 fully saturated rings. The van der Waals surface area contributed by atoms with Gasteiger partial charge in [-0.25, -0.2) is 0 Å². The maximum Gasteiger partial charge on any atom is 0.262 e. The fourth-order valence-corrected chi connectivity index (χ4v) is 6.00. The van der Waals surface area contributed by atoms with E-state index in [-0.39, 0.29) is 17.4 Å². The van der Waals surface area contributed by atoms with Crippen molar-refractivity contribution in [3.8, 4) is 5.75 Å². The normalized spacial score (nSPS) is 24.6. The molecule has 0 radical (unpaired) electrons. The highest BCUT2D eigenvalue weighted by atomic mass is 79.9. The lowest BCUT2D eigenvalue weighted by atomic mass is 9.85. The van der Waals surface area contributed by atoms with Crippen LogP contribution in [-0.4, -0.2) is 29.0 Å².